The molecule has 180 valence electrons. The van der Waals surface area contributed by atoms with E-state index in [-0.39, 0.29) is 0 Å². The molecule has 0 rings (SSSR count). The number of nitrogens with zero attached hydrogens (tertiary/aromatic N) is 1. The summed E-state index contributed by atoms with van der Waals surface area (Å²) in [6, 6.07) is 0. The number of carboxylic acid groups (broad SMARTS) is 3. The maximum atomic E-state index is 11.3. The molecule has 7 nitrogen and oxygen atoms in total. The van der Waals surface area contributed by atoms with E-state index in [1.54, 1.807) is 20.8 Å². The van der Waals surface area contributed by atoms with Crippen LogP contribution in [0.5, 0.6) is 0 Å². The highest BCUT2D eigenvalue weighted by atomic mass is 16.4. The fourth-order valence-electron chi connectivity index (χ4n) is 3.44. The number of quaternary nitrogens is 1. The molecule has 0 bridgehead atoms. The van der Waals surface area contributed by atoms with Gasteiger partial charge in [-0.1, -0.05) is 53.4 Å². The lowest BCUT2D eigenvalue weighted by Crippen LogP contribution is -2.48. The Bertz CT molecular complexity index is 515. The molecule has 0 aromatic carbocycles. The Hall–Kier alpha value is -1.89. The Morgan fingerprint density at radius 3 is 1.68 bits per heavy atom. The van der Waals surface area contributed by atoms with Crippen molar-refractivity contribution >= 4 is 17.9 Å². The molecular weight excluding hydrogens is 398 g/mol. The van der Waals surface area contributed by atoms with Gasteiger partial charge in [-0.25, -0.2) is 0 Å². The van der Waals surface area contributed by atoms with Crippen molar-refractivity contribution in [2.24, 2.45) is 17.8 Å². The zero-order valence-electron chi connectivity index (χ0n) is 19.8. The van der Waals surface area contributed by atoms with Gasteiger partial charge in [-0.15, -0.1) is 0 Å². The van der Waals surface area contributed by atoms with Crippen molar-refractivity contribution < 1.29 is 34.2 Å². The number of carbonyl (C=O) groups is 3. The van der Waals surface area contributed by atoms with Crippen LogP contribution in [-0.4, -0.2) is 52.2 Å². The first-order valence-electron chi connectivity index (χ1n) is 11.7. The second kappa shape index (κ2) is 15.8. The normalized spacial score (nSPS) is 16.5. The van der Waals surface area contributed by atoms with Crippen LogP contribution in [0.2, 0.25) is 0 Å². The van der Waals surface area contributed by atoms with Crippen LogP contribution in [0.3, 0.4) is 0 Å². The van der Waals surface area contributed by atoms with Gasteiger partial charge < -0.3 is 20.1 Å². The van der Waals surface area contributed by atoms with Gasteiger partial charge in [0.25, 0.3) is 0 Å². The molecule has 3 unspecified atom stereocenters. The Morgan fingerprint density at radius 2 is 1.26 bits per heavy atom. The van der Waals surface area contributed by atoms with E-state index in [0.29, 0.717) is 43.4 Å². The smallest absolute Gasteiger partial charge is 0.306 e. The second-order valence-corrected chi connectivity index (χ2v) is 9.04. The zero-order chi connectivity index (χ0) is 23.9. The molecular formula is C24H43NO6. The average molecular weight is 442 g/mol. The van der Waals surface area contributed by atoms with Gasteiger partial charge in [0.1, 0.15) is 0 Å². The van der Waals surface area contributed by atoms with E-state index < -0.39 is 35.7 Å². The number of allylic oxidation sites excluding steroid dienone is 1. The summed E-state index contributed by atoms with van der Waals surface area (Å²) in [4.78, 5) is 33.9. The topological polar surface area (TPSA) is 115 Å². The number of carbonyl (C=O) groups excluding carboxylic acids is 1. The Labute approximate surface area is 187 Å². The lowest BCUT2D eigenvalue weighted by molar-refractivity contribution is -0.881. The molecule has 3 atom stereocenters. The standard InChI is InChI=1S/C24H43NO6/c1-5-6-7-8-9-10-11-15-25(16-12-19(2)22(26)27,17-13-20(3)23(28)29)18-14-21(4)24(30)31/h11,15,19-21H,5-10,12-14,16-18H2,1-4H3,(H2-,26,27,28,29,30,31)/b15-11+. The SMILES string of the molecule is CCCCCCC/C=C/[N+](CCC(C)C(=O)[O-])(CCC(C)C(=O)O)CCC(C)C(=O)O. The van der Waals surface area contributed by atoms with Crippen molar-refractivity contribution in [3.8, 4) is 0 Å². The maximum absolute atomic E-state index is 11.3. The highest BCUT2D eigenvalue weighted by Crippen LogP contribution is 2.21. The lowest BCUT2D eigenvalue weighted by atomic mass is 10.0. The third-order valence-electron chi connectivity index (χ3n) is 6.16. The predicted molar refractivity (Wildman–Crippen MR) is 119 cm³/mol. The summed E-state index contributed by atoms with van der Waals surface area (Å²) in [7, 11) is 0. The van der Waals surface area contributed by atoms with E-state index in [9.17, 15) is 29.7 Å². The van der Waals surface area contributed by atoms with Crippen molar-refractivity contribution in [1.82, 2.24) is 0 Å². The van der Waals surface area contributed by atoms with E-state index in [2.05, 4.69) is 19.2 Å². The van der Waals surface area contributed by atoms with Crippen LogP contribution in [-0.2, 0) is 14.4 Å². The summed E-state index contributed by atoms with van der Waals surface area (Å²) >= 11 is 0. The van der Waals surface area contributed by atoms with Gasteiger partial charge in [0, 0.05) is 31.1 Å². The first-order valence-corrected chi connectivity index (χ1v) is 11.7. The van der Waals surface area contributed by atoms with Crippen LogP contribution in [0, 0.1) is 17.8 Å². The van der Waals surface area contributed by atoms with E-state index in [1.165, 1.54) is 19.3 Å². The third kappa shape index (κ3) is 13.2. The molecule has 0 aliphatic rings. The fraction of sp³-hybridized carbons (Fsp3) is 0.792. The van der Waals surface area contributed by atoms with Crippen molar-refractivity contribution in [2.45, 2.75) is 85.5 Å². The van der Waals surface area contributed by atoms with Gasteiger partial charge in [0.05, 0.1) is 37.7 Å². The minimum absolute atomic E-state index is 0.395. The Kier molecular flexibility index (Phi) is 14.9. The Balaban J connectivity index is 5.42. The molecule has 7 heteroatoms. The number of carboxylic acids is 3. The van der Waals surface area contributed by atoms with Crippen molar-refractivity contribution in [1.29, 1.82) is 0 Å². The number of hydrogen-bond acceptors (Lipinski definition) is 4. The van der Waals surface area contributed by atoms with Crippen LogP contribution in [0.1, 0.15) is 85.5 Å². The van der Waals surface area contributed by atoms with Gasteiger partial charge in [-0.05, 0) is 18.9 Å². The van der Waals surface area contributed by atoms with Crippen LogP contribution in [0.25, 0.3) is 0 Å². The molecule has 31 heavy (non-hydrogen) atoms. The number of aliphatic carboxylic acids is 3. The van der Waals surface area contributed by atoms with Crippen LogP contribution < -0.4 is 5.11 Å². The molecule has 0 spiro atoms. The summed E-state index contributed by atoms with van der Waals surface area (Å²) in [5.41, 5.74) is 0. The van der Waals surface area contributed by atoms with Crippen molar-refractivity contribution in [3.63, 3.8) is 0 Å². The minimum Gasteiger partial charge on any atom is -0.550 e. The highest BCUT2D eigenvalue weighted by Gasteiger charge is 2.29. The molecule has 0 aromatic heterocycles. The lowest BCUT2D eigenvalue weighted by Gasteiger charge is -2.37. The van der Waals surface area contributed by atoms with Crippen LogP contribution >= 0.6 is 0 Å². The molecule has 0 radical (unpaired) electrons. The van der Waals surface area contributed by atoms with Gasteiger partial charge in [0.2, 0.25) is 0 Å². The van der Waals surface area contributed by atoms with Crippen molar-refractivity contribution in [3.05, 3.63) is 12.3 Å². The quantitative estimate of drug-likeness (QED) is 0.233. The van der Waals surface area contributed by atoms with Crippen LogP contribution in [0.15, 0.2) is 12.3 Å². The summed E-state index contributed by atoms with van der Waals surface area (Å²) in [6.07, 6.45) is 12.2. The fourth-order valence-corrected chi connectivity index (χ4v) is 3.44. The second-order valence-electron chi connectivity index (χ2n) is 9.04. The third-order valence-corrected chi connectivity index (χ3v) is 6.16. The maximum Gasteiger partial charge on any atom is 0.306 e. The zero-order valence-corrected chi connectivity index (χ0v) is 19.8. The van der Waals surface area contributed by atoms with Gasteiger partial charge in [-0.3, -0.25) is 14.1 Å². The molecule has 0 saturated carbocycles. The predicted octanol–water partition coefficient (Wildman–Crippen LogP) is 3.68. The molecule has 0 aliphatic heterocycles. The first kappa shape index (κ1) is 29.1. The summed E-state index contributed by atoms with van der Waals surface area (Å²) in [5, 5.41) is 29.8. The molecule has 0 aliphatic carbocycles. The minimum atomic E-state index is -1.10. The van der Waals surface area contributed by atoms with E-state index >= 15 is 0 Å². The van der Waals surface area contributed by atoms with Gasteiger partial charge >= 0.3 is 11.9 Å². The van der Waals surface area contributed by atoms with Crippen LogP contribution in [0.4, 0.5) is 0 Å². The van der Waals surface area contributed by atoms with E-state index in [4.69, 9.17) is 0 Å². The molecule has 0 amide bonds. The monoisotopic (exact) mass is 441 g/mol. The summed E-state index contributed by atoms with van der Waals surface area (Å²) in [6.45, 7) is 8.70. The van der Waals surface area contributed by atoms with E-state index in [1.807, 2.05) is 0 Å². The largest absolute Gasteiger partial charge is 0.550 e. The molecule has 0 saturated heterocycles. The molecule has 2 N–H and O–H groups in total. The first-order chi connectivity index (χ1) is 14.5. The summed E-state index contributed by atoms with van der Waals surface area (Å²) < 4.78 is 0.405. The van der Waals surface area contributed by atoms with E-state index in [0.717, 1.165) is 19.3 Å². The van der Waals surface area contributed by atoms with Crippen molar-refractivity contribution in [2.75, 3.05) is 19.6 Å². The highest BCUT2D eigenvalue weighted by molar-refractivity contribution is 5.69. The van der Waals surface area contributed by atoms with Gasteiger partial charge in [-0.2, -0.15) is 0 Å². The average Bonchev–Trinajstić information content (AvgIpc) is 2.72. The molecule has 0 fully saturated rings. The number of unbranched alkanes of at least 4 members (excludes halogenated alkanes) is 5. The molecule has 0 heterocycles. The Morgan fingerprint density at radius 1 is 0.806 bits per heavy atom. The van der Waals surface area contributed by atoms with Gasteiger partial charge in [0.15, 0.2) is 0 Å². The number of hydrogen-bond donors (Lipinski definition) is 2. The number of rotatable bonds is 19. The molecule has 0 aromatic rings. The summed E-state index contributed by atoms with van der Waals surface area (Å²) in [5.74, 6) is -4.48.